The van der Waals surface area contributed by atoms with E-state index in [0.717, 1.165) is 25.1 Å². The van der Waals surface area contributed by atoms with E-state index < -0.39 is 7.12 Å². The van der Waals surface area contributed by atoms with E-state index in [-0.39, 0.29) is 11.2 Å². The van der Waals surface area contributed by atoms with Gasteiger partial charge in [-0.3, -0.25) is 4.99 Å². The van der Waals surface area contributed by atoms with Crippen LogP contribution < -0.4 is 11.1 Å². The molecule has 3 N–H and O–H groups in total. The fraction of sp³-hybridized carbons (Fsp3) is 0.812. The summed E-state index contributed by atoms with van der Waals surface area (Å²) in [6, 6.07) is 0. The third-order valence-corrected chi connectivity index (χ3v) is 4.33. The van der Waals surface area contributed by atoms with Crippen molar-refractivity contribution in [3.05, 3.63) is 11.7 Å². The Labute approximate surface area is 135 Å². The zero-order chi connectivity index (χ0) is 16.6. The number of hydrogen-bond donors (Lipinski definition) is 2. The average Bonchev–Trinajstić information content (AvgIpc) is 2.65. The van der Waals surface area contributed by atoms with Gasteiger partial charge in [0.2, 0.25) is 0 Å². The van der Waals surface area contributed by atoms with E-state index in [1.165, 1.54) is 25.5 Å². The topological polar surface area (TPSA) is 68.9 Å². The van der Waals surface area contributed by atoms with Crippen molar-refractivity contribution >= 4 is 13.3 Å². The van der Waals surface area contributed by atoms with Gasteiger partial charge < -0.3 is 20.4 Å². The number of nitrogens with one attached hydrogen (secondary N) is 1. The molecule has 0 saturated carbocycles. The van der Waals surface area contributed by atoms with Gasteiger partial charge in [0.05, 0.1) is 17.7 Å². The zero-order valence-corrected chi connectivity index (χ0v) is 14.8. The van der Waals surface area contributed by atoms with Crippen molar-refractivity contribution in [3.8, 4) is 0 Å². The van der Waals surface area contributed by atoms with Crippen LogP contribution in [0.5, 0.6) is 0 Å². The van der Waals surface area contributed by atoms with Crippen LogP contribution in [0.4, 0.5) is 0 Å². The van der Waals surface area contributed by atoms with E-state index in [9.17, 15) is 0 Å². The highest BCUT2D eigenvalue weighted by Crippen LogP contribution is 2.38. The molecule has 0 atom stereocenters. The summed E-state index contributed by atoms with van der Waals surface area (Å²) >= 11 is 0. The fourth-order valence-corrected chi connectivity index (χ4v) is 2.10. The molecule has 126 valence electrons. The molecule has 1 fully saturated rings. The van der Waals surface area contributed by atoms with Gasteiger partial charge in [0.25, 0.3) is 0 Å². The van der Waals surface area contributed by atoms with Gasteiger partial charge in [-0.15, -0.1) is 0 Å². The van der Waals surface area contributed by atoms with Crippen molar-refractivity contribution in [2.24, 2.45) is 10.7 Å². The molecular formula is C16H32BN3O2. The summed E-state index contributed by atoms with van der Waals surface area (Å²) in [6.45, 7) is 13.0. The molecule has 0 aromatic heterocycles. The maximum atomic E-state index is 5.96. The predicted octanol–water partition coefficient (Wildman–Crippen LogP) is 2.31. The monoisotopic (exact) mass is 309 g/mol. The van der Waals surface area contributed by atoms with Crippen LogP contribution in [0.3, 0.4) is 0 Å². The zero-order valence-electron chi connectivity index (χ0n) is 14.8. The van der Waals surface area contributed by atoms with Crippen LogP contribution in [-0.2, 0) is 9.31 Å². The second-order valence-electron chi connectivity index (χ2n) is 6.75. The van der Waals surface area contributed by atoms with Gasteiger partial charge in [0.15, 0.2) is 0 Å². The van der Waals surface area contributed by atoms with Crippen molar-refractivity contribution in [1.82, 2.24) is 5.32 Å². The number of aliphatic imine (C=N–C) groups is 1. The van der Waals surface area contributed by atoms with Crippen LogP contribution in [0.15, 0.2) is 16.7 Å². The highest BCUT2D eigenvalue weighted by Gasteiger charge is 2.52. The Morgan fingerprint density at radius 3 is 2.32 bits per heavy atom. The minimum absolute atomic E-state index is 0.361. The van der Waals surface area contributed by atoms with Crippen molar-refractivity contribution in [1.29, 1.82) is 0 Å². The second kappa shape index (κ2) is 8.70. The average molecular weight is 309 g/mol. The summed E-state index contributed by atoms with van der Waals surface area (Å²) in [5.41, 5.74) is 5.74. The lowest BCUT2D eigenvalue weighted by atomic mass is 9.79. The number of allylic oxidation sites excluding steroid dienone is 1. The van der Waals surface area contributed by atoms with Crippen LogP contribution in [0.2, 0.25) is 0 Å². The minimum Gasteiger partial charge on any atom is -0.405 e. The largest absolute Gasteiger partial charge is 0.497 e. The Morgan fingerprint density at radius 1 is 1.14 bits per heavy atom. The van der Waals surface area contributed by atoms with Crippen LogP contribution >= 0.6 is 0 Å². The van der Waals surface area contributed by atoms with Gasteiger partial charge in [-0.1, -0.05) is 19.8 Å². The molecule has 0 unspecified atom stereocenters. The molecule has 22 heavy (non-hydrogen) atoms. The molecule has 1 aliphatic rings. The summed E-state index contributed by atoms with van der Waals surface area (Å²) < 4.78 is 11.9. The molecule has 1 heterocycles. The number of hydrogen-bond acceptors (Lipinski definition) is 5. The fourth-order valence-electron chi connectivity index (χ4n) is 2.10. The first-order valence-corrected chi connectivity index (χ1v) is 8.32. The summed E-state index contributed by atoms with van der Waals surface area (Å²) in [6.07, 6.45) is 7.02. The quantitative estimate of drug-likeness (QED) is 0.389. The van der Waals surface area contributed by atoms with E-state index in [4.69, 9.17) is 15.0 Å². The molecule has 0 amide bonds. The Balaban J connectivity index is 2.36. The Bertz CT molecular complexity index is 379. The van der Waals surface area contributed by atoms with E-state index >= 15 is 0 Å². The first-order valence-electron chi connectivity index (χ1n) is 8.32. The smallest absolute Gasteiger partial charge is 0.405 e. The van der Waals surface area contributed by atoms with E-state index in [1.54, 1.807) is 6.21 Å². The first kappa shape index (κ1) is 19.2. The normalized spacial score (nSPS) is 21.0. The van der Waals surface area contributed by atoms with Gasteiger partial charge >= 0.3 is 7.12 Å². The Kier molecular flexibility index (Phi) is 7.59. The van der Waals surface area contributed by atoms with Crippen molar-refractivity contribution in [3.63, 3.8) is 0 Å². The Hall–Kier alpha value is -0.845. The van der Waals surface area contributed by atoms with Crippen molar-refractivity contribution in [2.75, 3.05) is 19.6 Å². The third-order valence-electron chi connectivity index (χ3n) is 4.33. The molecule has 0 aliphatic carbocycles. The molecule has 0 aromatic carbocycles. The van der Waals surface area contributed by atoms with Gasteiger partial charge in [0, 0.05) is 18.2 Å². The third kappa shape index (κ3) is 5.41. The maximum Gasteiger partial charge on any atom is 0.497 e. The SMILES string of the molecule is CCCCCNCCN=CC(=CN)B1OC(C)(C)C(C)(C)O1. The highest BCUT2D eigenvalue weighted by atomic mass is 16.7. The molecule has 0 aromatic rings. The van der Waals surface area contributed by atoms with E-state index in [0.29, 0.717) is 0 Å². The van der Waals surface area contributed by atoms with Crippen LogP contribution in [0.25, 0.3) is 0 Å². The molecule has 1 saturated heterocycles. The van der Waals surface area contributed by atoms with Crippen LogP contribution in [0.1, 0.15) is 53.9 Å². The van der Waals surface area contributed by atoms with Gasteiger partial charge in [-0.05, 0) is 46.9 Å². The van der Waals surface area contributed by atoms with Gasteiger partial charge in [-0.25, -0.2) is 0 Å². The van der Waals surface area contributed by atoms with E-state index in [2.05, 4.69) is 17.2 Å². The molecular weight excluding hydrogens is 277 g/mol. The maximum absolute atomic E-state index is 5.96. The van der Waals surface area contributed by atoms with Gasteiger partial charge in [0.1, 0.15) is 0 Å². The van der Waals surface area contributed by atoms with Crippen LogP contribution in [-0.4, -0.2) is 44.2 Å². The predicted molar refractivity (Wildman–Crippen MR) is 94.1 cm³/mol. The standard InChI is InChI=1S/C16H32BN3O2/c1-6-7-8-9-19-10-11-20-13-14(12-18)17-21-15(2,3)16(4,5)22-17/h12-13,19H,6-11,18H2,1-5H3. The second-order valence-corrected chi connectivity index (χ2v) is 6.75. The molecule has 0 spiro atoms. The Morgan fingerprint density at radius 2 is 1.77 bits per heavy atom. The summed E-state index contributed by atoms with van der Waals surface area (Å²) in [7, 11) is -0.448. The first-order chi connectivity index (χ1) is 10.3. The summed E-state index contributed by atoms with van der Waals surface area (Å²) in [5, 5.41) is 3.38. The lowest BCUT2D eigenvalue weighted by Gasteiger charge is -2.32. The van der Waals surface area contributed by atoms with Gasteiger partial charge in [-0.2, -0.15) is 0 Å². The summed E-state index contributed by atoms with van der Waals surface area (Å²) in [5.74, 6) is 0. The molecule has 5 nitrogen and oxygen atoms in total. The highest BCUT2D eigenvalue weighted by molar-refractivity contribution is 6.60. The van der Waals surface area contributed by atoms with Crippen molar-refractivity contribution in [2.45, 2.75) is 65.1 Å². The van der Waals surface area contributed by atoms with Crippen LogP contribution in [0, 0.1) is 0 Å². The lowest BCUT2D eigenvalue weighted by molar-refractivity contribution is 0.00578. The molecule has 1 rings (SSSR count). The van der Waals surface area contributed by atoms with Crippen molar-refractivity contribution < 1.29 is 9.31 Å². The lowest BCUT2D eigenvalue weighted by Crippen LogP contribution is -2.41. The minimum atomic E-state index is -0.448. The van der Waals surface area contributed by atoms with E-state index in [1.807, 2.05) is 27.7 Å². The molecule has 0 bridgehead atoms. The number of unbranched alkanes of at least 4 members (excludes halogenated alkanes) is 2. The number of nitrogens with zero attached hydrogens (tertiary/aromatic N) is 1. The molecule has 1 aliphatic heterocycles. The molecule has 0 radical (unpaired) electrons. The molecule has 6 heteroatoms. The summed E-state index contributed by atoms with van der Waals surface area (Å²) in [4.78, 5) is 4.40. The number of rotatable bonds is 9. The number of nitrogens with two attached hydrogens (primary N) is 1.